The Bertz CT molecular complexity index is 140. The Balaban J connectivity index is 2.52. The van der Waals surface area contributed by atoms with Crippen molar-refractivity contribution in [3.63, 3.8) is 0 Å². The van der Waals surface area contributed by atoms with Crippen molar-refractivity contribution in [1.29, 1.82) is 0 Å². The van der Waals surface area contributed by atoms with Gasteiger partial charge in [-0.1, -0.05) is 25.5 Å². The third kappa shape index (κ3) is 2.17. The number of rotatable bonds is 0. The average molecular weight is 138 g/mol. The number of allylic oxidation sites excluding steroid dienone is 2. The molecule has 0 N–H and O–H groups in total. The van der Waals surface area contributed by atoms with Crippen molar-refractivity contribution < 1.29 is 0 Å². The summed E-state index contributed by atoms with van der Waals surface area (Å²) in [6, 6.07) is 0. The summed E-state index contributed by atoms with van der Waals surface area (Å²) >= 11 is 0. The van der Waals surface area contributed by atoms with Crippen LogP contribution in [0.4, 0.5) is 0 Å². The Morgan fingerprint density at radius 2 is 2.00 bits per heavy atom. The van der Waals surface area contributed by atoms with Crippen LogP contribution in [-0.2, 0) is 0 Å². The van der Waals surface area contributed by atoms with Crippen LogP contribution >= 0.6 is 0 Å². The van der Waals surface area contributed by atoms with E-state index in [2.05, 4.69) is 26.8 Å². The molecule has 0 bridgehead atoms. The zero-order valence-corrected chi connectivity index (χ0v) is 7.41. The third-order valence-electron chi connectivity index (χ3n) is 2.51. The molecule has 10 heavy (non-hydrogen) atoms. The minimum atomic E-state index is 0.592. The first-order valence-electron chi connectivity index (χ1n) is 4.26. The van der Waals surface area contributed by atoms with E-state index >= 15 is 0 Å². The van der Waals surface area contributed by atoms with Crippen LogP contribution in [0.1, 0.15) is 46.5 Å². The normalized spacial score (nSPS) is 25.3. The van der Waals surface area contributed by atoms with Crippen molar-refractivity contribution in [3.8, 4) is 0 Å². The van der Waals surface area contributed by atoms with Gasteiger partial charge in [0.1, 0.15) is 0 Å². The van der Waals surface area contributed by atoms with Gasteiger partial charge in [-0.05, 0) is 38.0 Å². The van der Waals surface area contributed by atoms with Crippen molar-refractivity contribution in [1.82, 2.24) is 0 Å². The van der Waals surface area contributed by atoms with Gasteiger partial charge in [-0.3, -0.25) is 0 Å². The van der Waals surface area contributed by atoms with E-state index in [9.17, 15) is 0 Å². The van der Waals surface area contributed by atoms with Crippen LogP contribution in [0.15, 0.2) is 11.6 Å². The average Bonchev–Trinajstić information content (AvgIpc) is 1.94. The quantitative estimate of drug-likeness (QED) is 0.449. The third-order valence-corrected chi connectivity index (χ3v) is 2.51. The van der Waals surface area contributed by atoms with Crippen LogP contribution in [0.2, 0.25) is 0 Å². The first kappa shape index (κ1) is 7.84. The van der Waals surface area contributed by atoms with Crippen LogP contribution in [0.3, 0.4) is 0 Å². The van der Waals surface area contributed by atoms with Gasteiger partial charge in [-0.25, -0.2) is 0 Å². The van der Waals surface area contributed by atoms with Crippen molar-refractivity contribution in [3.05, 3.63) is 11.6 Å². The largest absolute Gasteiger partial charge is 0.0856 e. The van der Waals surface area contributed by atoms with Crippen molar-refractivity contribution in [2.24, 2.45) is 5.41 Å². The van der Waals surface area contributed by atoms with Gasteiger partial charge in [0, 0.05) is 0 Å². The van der Waals surface area contributed by atoms with Crippen molar-refractivity contribution in [2.45, 2.75) is 46.5 Å². The zero-order valence-electron chi connectivity index (χ0n) is 7.41. The van der Waals surface area contributed by atoms with E-state index in [1.165, 1.54) is 25.7 Å². The van der Waals surface area contributed by atoms with E-state index in [1.54, 1.807) is 5.57 Å². The maximum Gasteiger partial charge on any atom is -0.0318 e. The first-order valence-corrected chi connectivity index (χ1v) is 4.26. The van der Waals surface area contributed by atoms with E-state index in [0.29, 0.717) is 5.41 Å². The second kappa shape index (κ2) is 2.77. The zero-order chi connectivity index (χ0) is 7.61. The summed E-state index contributed by atoms with van der Waals surface area (Å²) in [7, 11) is 0. The van der Waals surface area contributed by atoms with Gasteiger partial charge in [0.2, 0.25) is 0 Å². The van der Waals surface area contributed by atoms with Gasteiger partial charge in [-0.2, -0.15) is 0 Å². The molecular weight excluding hydrogens is 120 g/mol. The lowest BCUT2D eigenvalue weighted by molar-refractivity contribution is 0.318. The van der Waals surface area contributed by atoms with Gasteiger partial charge in [-0.15, -0.1) is 0 Å². The van der Waals surface area contributed by atoms with Crippen LogP contribution in [0.5, 0.6) is 0 Å². The molecule has 1 rings (SSSR count). The summed E-state index contributed by atoms with van der Waals surface area (Å²) in [6.07, 6.45) is 7.74. The lowest BCUT2D eigenvalue weighted by atomic mass is 9.84. The van der Waals surface area contributed by atoms with E-state index in [0.717, 1.165) is 0 Å². The smallest absolute Gasteiger partial charge is 0.0318 e. The Hall–Kier alpha value is -0.260. The summed E-state index contributed by atoms with van der Waals surface area (Å²) in [5.41, 5.74) is 2.18. The minimum absolute atomic E-state index is 0.592. The van der Waals surface area contributed by atoms with Crippen LogP contribution in [0, 0.1) is 5.41 Å². The highest BCUT2D eigenvalue weighted by Crippen LogP contribution is 2.32. The fourth-order valence-electron chi connectivity index (χ4n) is 1.47. The van der Waals surface area contributed by atoms with Crippen LogP contribution in [0.25, 0.3) is 0 Å². The Morgan fingerprint density at radius 3 is 2.70 bits per heavy atom. The Labute approximate surface area is 64.3 Å². The molecule has 0 unspecified atom stereocenters. The van der Waals surface area contributed by atoms with E-state index in [1.807, 2.05) is 0 Å². The lowest BCUT2D eigenvalue weighted by Crippen LogP contribution is -2.08. The van der Waals surface area contributed by atoms with Gasteiger partial charge in [0.05, 0.1) is 0 Å². The second-order valence-electron chi connectivity index (χ2n) is 4.25. The van der Waals surface area contributed by atoms with E-state index in [4.69, 9.17) is 0 Å². The standard InChI is InChI=1S/C10H18/c1-9-5-4-7-10(2,3)8-6-9/h5H,4,6-8H2,1-3H3. The molecule has 58 valence electrons. The number of hydrogen-bond acceptors (Lipinski definition) is 0. The predicted molar refractivity (Wildman–Crippen MR) is 46.0 cm³/mol. The van der Waals surface area contributed by atoms with Crippen molar-refractivity contribution >= 4 is 0 Å². The molecule has 0 radical (unpaired) electrons. The Kier molecular flexibility index (Phi) is 2.18. The summed E-state index contributed by atoms with van der Waals surface area (Å²) in [6.45, 7) is 7.00. The summed E-state index contributed by atoms with van der Waals surface area (Å²) < 4.78 is 0. The SMILES string of the molecule is CC1=CCCC(C)(C)CC1. The molecule has 0 amide bonds. The number of hydrogen-bond donors (Lipinski definition) is 0. The van der Waals surface area contributed by atoms with Gasteiger partial charge < -0.3 is 0 Å². The summed E-state index contributed by atoms with van der Waals surface area (Å²) in [4.78, 5) is 0. The molecule has 0 aromatic rings. The molecular formula is C10H18. The molecule has 0 heterocycles. The van der Waals surface area contributed by atoms with Gasteiger partial charge >= 0.3 is 0 Å². The molecule has 0 fully saturated rings. The molecule has 0 heteroatoms. The van der Waals surface area contributed by atoms with Crippen molar-refractivity contribution in [2.75, 3.05) is 0 Å². The van der Waals surface area contributed by atoms with Gasteiger partial charge in [0.25, 0.3) is 0 Å². The fourth-order valence-corrected chi connectivity index (χ4v) is 1.47. The molecule has 0 saturated heterocycles. The molecule has 1 aliphatic carbocycles. The molecule has 0 aromatic carbocycles. The molecule has 0 spiro atoms. The molecule has 1 aliphatic rings. The fraction of sp³-hybridized carbons (Fsp3) is 0.800. The van der Waals surface area contributed by atoms with E-state index in [-0.39, 0.29) is 0 Å². The summed E-state index contributed by atoms with van der Waals surface area (Å²) in [5.74, 6) is 0. The maximum atomic E-state index is 2.40. The molecule has 0 saturated carbocycles. The van der Waals surface area contributed by atoms with Crippen LogP contribution < -0.4 is 0 Å². The highest BCUT2D eigenvalue weighted by Gasteiger charge is 2.18. The maximum absolute atomic E-state index is 2.40. The van der Waals surface area contributed by atoms with Gasteiger partial charge in [0.15, 0.2) is 0 Å². The lowest BCUT2D eigenvalue weighted by Gasteiger charge is -2.21. The van der Waals surface area contributed by atoms with E-state index < -0.39 is 0 Å². The minimum Gasteiger partial charge on any atom is -0.0856 e. The molecule has 0 atom stereocenters. The predicted octanol–water partition coefficient (Wildman–Crippen LogP) is 3.53. The summed E-state index contributed by atoms with van der Waals surface area (Å²) in [5, 5.41) is 0. The van der Waals surface area contributed by atoms with Crippen LogP contribution in [-0.4, -0.2) is 0 Å². The second-order valence-corrected chi connectivity index (χ2v) is 4.25. The molecule has 0 aromatic heterocycles. The monoisotopic (exact) mass is 138 g/mol. The Morgan fingerprint density at radius 1 is 1.30 bits per heavy atom. The first-order chi connectivity index (χ1) is 4.60. The highest BCUT2D eigenvalue weighted by molar-refractivity contribution is 5.01. The highest BCUT2D eigenvalue weighted by atomic mass is 14.2. The molecule has 0 aliphatic heterocycles. The molecule has 0 nitrogen and oxygen atoms in total. The topological polar surface area (TPSA) is 0 Å².